The van der Waals surface area contributed by atoms with Gasteiger partial charge >= 0.3 is 5.97 Å². The highest BCUT2D eigenvalue weighted by atomic mass is 32.1. The van der Waals surface area contributed by atoms with Gasteiger partial charge in [0, 0.05) is 22.8 Å². The first kappa shape index (κ1) is 13.4. The molecule has 0 spiro atoms. The minimum absolute atomic E-state index is 0.345. The summed E-state index contributed by atoms with van der Waals surface area (Å²) in [4.78, 5) is 13.1. The van der Waals surface area contributed by atoms with Crippen molar-refractivity contribution < 1.29 is 9.53 Å². The van der Waals surface area contributed by atoms with Gasteiger partial charge in [0.25, 0.3) is 0 Å². The number of nitrogen functional groups attached to an aromatic ring is 1. The molecule has 0 fully saturated rings. The van der Waals surface area contributed by atoms with E-state index in [-0.39, 0.29) is 5.97 Å². The monoisotopic (exact) mass is 276 g/mol. The Hall–Kier alpha value is -2.01. The number of nitrogens with one attached hydrogen (secondary N) is 1. The van der Waals surface area contributed by atoms with Gasteiger partial charge in [-0.2, -0.15) is 0 Å². The summed E-state index contributed by atoms with van der Waals surface area (Å²) in [6, 6.07) is 9.24. The third-order valence-corrected chi connectivity index (χ3v) is 3.45. The molecule has 100 valence electrons. The van der Waals surface area contributed by atoms with Gasteiger partial charge in [0.15, 0.2) is 0 Å². The molecule has 1 heterocycles. The Kier molecular flexibility index (Phi) is 4.41. The van der Waals surface area contributed by atoms with Crippen LogP contribution < -0.4 is 11.1 Å². The molecule has 0 aliphatic rings. The average Bonchev–Trinajstić information content (AvgIpc) is 2.90. The number of carbonyl (C=O) groups is 1. The highest BCUT2D eigenvalue weighted by Gasteiger charge is 2.12. The third-order valence-electron chi connectivity index (χ3n) is 2.57. The molecule has 2 aromatic rings. The number of esters is 1. The van der Waals surface area contributed by atoms with E-state index in [9.17, 15) is 4.79 Å². The van der Waals surface area contributed by atoms with Crippen LogP contribution in [0.3, 0.4) is 0 Å². The van der Waals surface area contributed by atoms with E-state index in [0.717, 1.165) is 5.69 Å². The molecule has 2 rings (SSSR count). The average molecular weight is 276 g/mol. The Morgan fingerprint density at radius 3 is 2.95 bits per heavy atom. The van der Waals surface area contributed by atoms with E-state index in [2.05, 4.69) is 5.32 Å². The van der Waals surface area contributed by atoms with Crippen molar-refractivity contribution in [2.45, 2.75) is 13.5 Å². The molecule has 0 aliphatic carbocycles. The maximum atomic E-state index is 11.9. The van der Waals surface area contributed by atoms with E-state index < -0.39 is 0 Å². The smallest absolute Gasteiger partial charge is 0.340 e. The van der Waals surface area contributed by atoms with Crippen LogP contribution in [0.5, 0.6) is 0 Å². The zero-order chi connectivity index (χ0) is 13.7. The Balaban J connectivity index is 2.16. The molecule has 4 nitrogen and oxygen atoms in total. The van der Waals surface area contributed by atoms with Gasteiger partial charge in [-0.05, 0) is 36.6 Å². The van der Waals surface area contributed by atoms with E-state index in [1.165, 1.54) is 4.88 Å². The van der Waals surface area contributed by atoms with Gasteiger partial charge in [0.2, 0.25) is 0 Å². The topological polar surface area (TPSA) is 64.3 Å². The molecule has 0 radical (unpaired) electrons. The Morgan fingerprint density at radius 2 is 2.26 bits per heavy atom. The van der Waals surface area contributed by atoms with Crippen molar-refractivity contribution >= 4 is 28.7 Å². The van der Waals surface area contributed by atoms with Crippen LogP contribution in [-0.4, -0.2) is 12.6 Å². The predicted molar refractivity (Wildman–Crippen MR) is 78.5 cm³/mol. The van der Waals surface area contributed by atoms with Gasteiger partial charge in [-0.15, -0.1) is 11.3 Å². The van der Waals surface area contributed by atoms with Crippen LogP contribution >= 0.6 is 11.3 Å². The van der Waals surface area contributed by atoms with Crippen molar-refractivity contribution in [3.05, 3.63) is 46.2 Å². The Morgan fingerprint density at radius 1 is 1.42 bits per heavy atom. The van der Waals surface area contributed by atoms with Crippen molar-refractivity contribution in [3.8, 4) is 0 Å². The molecule has 0 saturated carbocycles. The first-order valence-electron chi connectivity index (χ1n) is 6.03. The maximum Gasteiger partial charge on any atom is 0.340 e. The molecule has 0 unspecified atom stereocenters. The molecule has 1 aromatic heterocycles. The molecule has 0 amide bonds. The van der Waals surface area contributed by atoms with Crippen LogP contribution in [0, 0.1) is 0 Å². The van der Waals surface area contributed by atoms with E-state index in [1.54, 1.807) is 36.5 Å². The van der Waals surface area contributed by atoms with Crippen molar-refractivity contribution in [3.63, 3.8) is 0 Å². The molecule has 5 heteroatoms. The number of nitrogens with two attached hydrogens (primary N) is 1. The molecular weight excluding hydrogens is 260 g/mol. The first-order chi connectivity index (χ1) is 9.20. The lowest BCUT2D eigenvalue weighted by atomic mass is 10.1. The van der Waals surface area contributed by atoms with Crippen LogP contribution in [0.4, 0.5) is 11.4 Å². The summed E-state index contributed by atoms with van der Waals surface area (Å²) >= 11 is 1.67. The Labute approximate surface area is 116 Å². The van der Waals surface area contributed by atoms with E-state index >= 15 is 0 Å². The minimum atomic E-state index is -0.358. The molecule has 3 N–H and O–H groups in total. The zero-order valence-corrected chi connectivity index (χ0v) is 11.5. The molecule has 0 bridgehead atoms. The normalized spacial score (nSPS) is 10.2. The van der Waals surface area contributed by atoms with Crippen LogP contribution in [0.1, 0.15) is 22.2 Å². The van der Waals surface area contributed by atoms with Gasteiger partial charge in [-0.1, -0.05) is 6.07 Å². The number of hydrogen-bond acceptors (Lipinski definition) is 5. The van der Waals surface area contributed by atoms with Gasteiger partial charge in [0.1, 0.15) is 0 Å². The highest BCUT2D eigenvalue weighted by Crippen LogP contribution is 2.21. The van der Waals surface area contributed by atoms with Gasteiger partial charge in [0.05, 0.1) is 12.2 Å². The molecular formula is C14H16N2O2S. The summed E-state index contributed by atoms with van der Waals surface area (Å²) in [5.74, 6) is -0.358. The molecule has 0 aliphatic heterocycles. The number of rotatable bonds is 5. The van der Waals surface area contributed by atoms with Crippen LogP contribution in [0.2, 0.25) is 0 Å². The largest absolute Gasteiger partial charge is 0.462 e. The lowest BCUT2D eigenvalue weighted by Crippen LogP contribution is -2.10. The minimum Gasteiger partial charge on any atom is -0.462 e. The van der Waals surface area contributed by atoms with E-state index in [4.69, 9.17) is 10.5 Å². The Bertz CT molecular complexity index is 553. The lowest BCUT2D eigenvalue weighted by molar-refractivity contribution is 0.0527. The lowest BCUT2D eigenvalue weighted by Gasteiger charge is -2.11. The number of anilines is 2. The summed E-state index contributed by atoms with van der Waals surface area (Å²) in [6.45, 7) is 2.80. The molecule has 0 saturated heterocycles. The quantitative estimate of drug-likeness (QED) is 0.650. The molecule has 1 aromatic carbocycles. The standard InChI is InChI=1S/C14H16N2O2S/c1-2-18-14(17)12-8-10(15)5-6-13(12)16-9-11-4-3-7-19-11/h3-8,16H,2,9,15H2,1H3. The number of carbonyl (C=O) groups excluding carboxylic acids is 1. The van der Waals surface area contributed by atoms with E-state index in [1.807, 2.05) is 17.5 Å². The second-order valence-electron chi connectivity index (χ2n) is 3.96. The van der Waals surface area contributed by atoms with Crippen LogP contribution in [0.15, 0.2) is 35.7 Å². The van der Waals surface area contributed by atoms with Gasteiger partial charge in [-0.3, -0.25) is 0 Å². The van der Waals surface area contributed by atoms with Crippen LogP contribution in [-0.2, 0) is 11.3 Å². The number of thiophene rings is 1. The second kappa shape index (κ2) is 6.24. The fourth-order valence-corrected chi connectivity index (χ4v) is 2.33. The van der Waals surface area contributed by atoms with Crippen molar-refractivity contribution in [1.82, 2.24) is 0 Å². The van der Waals surface area contributed by atoms with Crippen molar-refractivity contribution in [2.75, 3.05) is 17.7 Å². The van der Waals surface area contributed by atoms with Crippen LogP contribution in [0.25, 0.3) is 0 Å². The summed E-state index contributed by atoms with van der Waals surface area (Å²) in [5, 5.41) is 5.26. The zero-order valence-electron chi connectivity index (χ0n) is 10.7. The summed E-state index contributed by atoms with van der Waals surface area (Å²) in [6.07, 6.45) is 0. The summed E-state index contributed by atoms with van der Waals surface area (Å²) in [5.41, 5.74) is 7.47. The maximum absolute atomic E-state index is 11.9. The highest BCUT2D eigenvalue weighted by molar-refractivity contribution is 7.09. The number of ether oxygens (including phenoxy) is 1. The summed E-state index contributed by atoms with van der Waals surface area (Å²) < 4.78 is 5.03. The molecule has 19 heavy (non-hydrogen) atoms. The van der Waals surface area contributed by atoms with Gasteiger partial charge < -0.3 is 15.8 Å². The first-order valence-corrected chi connectivity index (χ1v) is 6.91. The van der Waals surface area contributed by atoms with Crippen molar-refractivity contribution in [2.24, 2.45) is 0 Å². The van der Waals surface area contributed by atoms with Gasteiger partial charge in [-0.25, -0.2) is 4.79 Å². The fourth-order valence-electron chi connectivity index (χ4n) is 1.69. The predicted octanol–water partition coefficient (Wildman–Crippen LogP) is 3.12. The van der Waals surface area contributed by atoms with E-state index in [0.29, 0.717) is 24.4 Å². The summed E-state index contributed by atoms with van der Waals surface area (Å²) in [7, 11) is 0. The third kappa shape index (κ3) is 3.48. The SMILES string of the molecule is CCOC(=O)c1cc(N)ccc1NCc1cccs1. The number of hydrogen-bond donors (Lipinski definition) is 2. The number of benzene rings is 1. The van der Waals surface area contributed by atoms with Crippen molar-refractivity contribution in [1.29, 1.82) is 0 Å². The molecule has 0 atom stereocenters. The fraction of sp³-hybridized carbons (Fsp3) is 0.214. The second-order valence-corrected chi connectivity index (χ2v) is 4.99.